The molecule has 0 fully saturated rings. The van der Waals surface area contributed by atoms with Crippen molar-refractivity contribution >= 4 is 23.4 Å². The molecule has 0 bridgehead atoms. The number of nitrogens with one attached hydrogen (secondary N) is 1. The van der Waals surface area contributed by atoms with E-state index in [0.717, 1.165) is 5.69 Å². The number of methoxy groups -OCH3 is 1. The quantitative estimate of drug-likeness (QED) is 0.647. The second kappa shape index (κ2) is 7.77. The van der Waals surface area contributed by atoms with E-state index in [2.05, 4.69) is 9.97 Å². The van der Waals surface area contributed by atoms with E-state index in [4.69, 9.17) is 4.74 Å². The van der Waals surface area contributed by atoms with Gasteiger partial charge in [0.2, 0.25) is 5.91 Å². The lowest BCUT2D eigenvalue weighted by Gasteiger charge is -2.16. The monoisotopic (exact) mass is 319 g/mol. The number of thioether (sulfide) groups is 1. The van der Waals surface area contributed by atoms with Crippen molar-refractivity contribution in [2.45, 2.75) is 11.8 Å². The van der Waals surface area contributed by atoms with Crippen molar-refractivity contribution in [3.63, 3.8) is 0 Å². The van der Waals surface area contributed by atoms with E-state index in [1.54, 1.807) is 11.9 Å². The number of hydrogen-bond donors (Lipinski definition) is 1. The van der Waals surface area contributed by atoms with Gasteiger partial charge in [-0.05, 0) is 12.1 Å². The molecule has 1 heterocycles. The summed E-state index contributed by atoms with van der Waals surface area (Å²) < 4.78 is 4.96. The number of para-hydroxylation sites is 1. The Morgan fingerprint density at radius 1 is 1.36 bits per heavy atom. The summed E-state index contributed by atoms with van der Waals surface area (Å²) in [5.74, 6) is 0.112. The van der Waals surface area contributed by atoms with Crippen LogP contribution >= 0.6 is 11.8 Å². The molecule has 1 amide bonds. The fourth-order valence-corrected chi connectivity index (χ4v) is 2.60. The van der Waals surface area contributed by atoms with Crippen molar-refractivity contribution in [1.29, 1.82) is 0 Å². The summed E-state index contributed by atoms with van der Waals surface area (Å²) in [7, 11) is 3.25. The van der Waals surface area contributed by atoms with Gasteiger partial charge >= 0.3 is 0 Å². The van der Waals surface area contributed by atoms with Crippen molar-refractivity contribution in [1.82, 2.24) is 9.97 Å². The van der Waals surface area contributed by atoms with Crippen molar-refractivity contribution in [3.05, 3.63) is 52.4 Å². The van der Waals surface area contributed by atoms with Crippen LogP contribution in [0.4, 0.5) is 5.69 Å². The van der Waals surface area contributed by atoms with Crippen LogP contribution < -0.4 is 10.5 Å². The highest BCUT2D eigenvalue weighted by molar-refractivity contribution is 7.99. The number of H-pyrrole nitrogens is 1. The molecule has 0 atom stereocenters. The zero-order valence-corrected chi connectivity index (χ0v) is 13.2. The van der Waals surface area contributed by atoms with E-state index in [-0.39, 0.29) is 23.8 Å². The largest absolute Gasteiger partial charge is 0.378 e. The van der Waals surface area contributed by atoms with E-state index < -0.39 is 0 Å². The van der Waals surface area contributed by atoms with E-state index in [0.29, 0.717) is 10.9 Å². The van der Waals surface area contributed by atoms with Crippen LogP contribution in [0.2, 0.25) is 0 Å². The molecule has 116 valence electrons. The molecule has 0 unspecified atom stereocenters. The summed E-state index contributed by atoms with van der Waals surface area (Å²) in [6, 6.07) is 10.8. The third-order valence-corrected chi connectivity index (χ3v) is 3.77. The zero-order valence-electron chi connectivity index (χ0n) is 12.4. The van der Waals surface area contributed by atoms with Gasteiger partial charge in [-0.3, -0.25) is 9.59 Å². The second-order valence-corrected chi connectivity index (χ2v) is 5.52. The number of rotatable bonds is 6. The lowest BCUT2D eigenvalue weighted by atomic mass is 10.3. The van der Waals surface area contributed by atoms with Crippen LogP contribution in [0.25, 0.3) is 0 Å². The number of ether oxygens (including phenoxy) is 1. The number of amides is 1. The number of benzene rings is 1. The van der Waals surface area contributed by atoms with Gasteiger partial charge in [0, 0.05) is 25.9 Å². The molecule has 22 heavy (non-hydrogen) atoms. The third kappa shape index (κ3) is 4.44. The third-order valence-electron chi connectivity index (χ3n) is 2.92. The number of carbonyl (C=O) groups excluding carboxylic acids is 1. The second-order valence-electron chi connectivity index (χ2n) is 4.55. The van der Waals surface area contributed by atoms with Gasteiger partial charge in [0.25, 0.3) is 5.56 Å². The number of nitrogens with zero attached hydrogens (tertiary/aromatic N) is 2. The number of hydrogen-bond acceptors (Lipinski definition) is 5. The standard InChI is InChI=1S/C15H17N3O3S/c1-18(12-6-4-3-5-7-12)14(20)10-22-15-16-11(9-21-2)8-13(19)17-15/h3-8H,9-10H2,1-2H3,(H,16,17,19). The maximum absolute atomic E-state index is 12.2. The smallest absolute Gasteiger partial charge is 0.251 e. The van der Waals surface area contributed by atoms with Crippen LogP contribution in [-0.2, 0) is 16.1 Å². The predicted molar refractivity (Wildman–Crippen MR) is 86.1 cm³/mol. The van der Waals surface area contributed by atoms with E-state index in [1.165, 1.54) is 24.9 Å². The summed E-state index contributed by atoms with van der Waals surface area (Å²) in [5.41, 5.74) is 1.11. The molecule has 0 aliphatic carbocycles. The van der Waals surface area contributed by atoms with E-state index in [9.17, 15) is 9.59 Å². The molecule has 1 aromatic heterocycles. The van der Waals surface area contributed by atoms with E-state index in [1.807, 2.05) is 30.3 Å². The van der Waals surface area contributed by atoms with Crippen LogP contribution in [-0.4, -0.2) is 35.8 Å². The molecule has 1 N–H and O–H groups in total. The van der Waals surface area contributed by atoms with Gasteiger partial charge in [0.05, 0.1) is 18.1 Å². The minimum atomic E-state index is -0.256. The molecule has 6 nitrogen and oxygen atoms in total. The van der Waals surface area contributed by atoms with Gasteiger partial charge < -0.3 is 14.6 Å². The first-order valence-electron chi connectivity index (χ1n) is 6.63. The first-order chi connectivity index (χ1) is 10.6. The number of carbonyl (C=O) groups is 1. The molecular formula is C15H17N3O3S. The Bertz CT molecular complexity index is 688. The fraction of sp³-hybridized carbons (Fsp3) is 0.267. The topological polar surface area (TPSA) is 75.3 Å². The Morgan fingerprint density at radius 3 is 2.77 bits per heavy atom. The highest BCUT2D eigenvalue weighted by Crippen LogP contribution is 2.16. The van der Waals surface area contributed by atoms with Crippen LogP contribution in [0.15, 0.2) is 46.3 Å². The van der Waals surface area contributed by atoms with Crippen molar-refractivity contribution in [3.8, 4) is 0 Å². The van der Waals surface area contributed by atoms with Crippen molar-refractivity contribution < 1.29 is 9.53 Å². The molecule has 0 aliphatic rings. The first-order valence-corrected chi connectivity index (χ1v) is 7.62. The minimum absolute atomic E-state index is 0.0732. The average molecular weight is 319 g/mol. The zero-order chi connectivity index (χ0) is 15.9. The van der Waals surface area contributed by atoms with Gasteiger partial charge in [-0.2, -0.15) is 0 Å². The lowest BCUT2D eigenvalue weighted by molar-refractivity contribution is -0.115. The van der Waals surface area contributed by atoms with Crippen molar-refractivity contribution in [2.24, 2.45) is 0 Å². The lowest BCUT2D eigenvalue weighted by Crippen LogP contribution is -2.28. The first kappa shape index (κ1) is 16.3. The molecule has 0 spiro atoms. The molecule has 7 heteroatoms. The maximum Gasteiger partial charge on any atom is 0.251 e. The van der Waals surface area contributed by atoms with Crippen LogP contribution in [0, 0.1) is 0 Å². The van der Waals surface area contributed by atoms with Gasteiger partial charge in [0.15, 0.2) is 5.16 Å². The molecule has 0 radical (unpaired) electrons. The van der Waals surface area contributed by atoms with E-state index >= 15 is 0 Å². The van der Waals surface area contributed by atoms with Gasteiger partial charge in [-0.1, -0.05) is 30.0 Å². The van der Waals surface area contributed by atoms with Crippen LogP contribution in [0.3, 0.4) is 0 Å². The number of anilines is 1. The molecule has 0 saturated carbocycles. The van der Waals surface area contributed by atoms with Gasteiger partial charge in [-0.15, -0.1) is 0 Å². The SMILES string of the molecule is COCc1cc(=O)[nH]c(SCC(=O)N(C)c2ccccc2)n1. The molecular weight excluding hydrogens is 302 g/mol. The normalized spacial score (nSPS) is 10.5. The van der Waals surface area contributed by atoms with Crippen LogP contribution in [0.1, 0.15) is 5.69 Å². The molecule has 2 aromatic rings. The Labute approximate surface area is 132 Å². The molecule has 1 aromatic carbocycles. The fourth-order valence-electron chi connectivity index (χ4n) is 1.80. The highest BCUT2D eigenvalue weighted by Gasteiger charge is 2.12. The van der Waals surface area contributed by atoms with Crippen LogP contribution in [0.5, 0.6) is 0 Å². The van der Waals surface area contributed by atoms with Crippen molar-refractivity contribution in [2.75, 3.05) is 24.8 Å². The number of aromatic amines is 1. The Kier molecular flexibility index (Phi) is 5.74. The summed E-state index contributed by atoms with van der Waals surface area (Å²) >= 11 is 1.19. The minimum Gasteiger partial charge on any atom is -0.378 e. The molecule has 0 aliphatic heterocycles. The Balaban J connectivity index is 2.00. The number of aromatic nitrogens is 2. The summed E-state index contributed by atoms with van der Waals surface area (Å²) in [6.07, 6.45) is 0. The Morgan fingerprint density at radius 2 is 2.09 bits per heavy atom. The summed E-state index contributed by atoms with van der Waals surface area (Å²) in [6.45, 7) is 0.259. The van der Waals surface area contributed by atoms with Gasteiger partial charge in [0.1, 0.15) is 0 Å². The highest BCUT2D eigenvalue weighted by atomic mass is 32.2. The maximum atomic E-state index is 12.2. The molecule has 0 saturated heterocycles. The van der Waals surface area contributed by atoms with Gasteiger partial charge in [-0.25, -0.2) is 4.98 Å². The predicted octanol–water partition coefficient (Wildman–Crippen LogP) is 1.67. The summed E-state index contributed by atoms with van der Waals surface area (Å²) in [4.78, 5) is 32.1. The Hall–Kier alpha value is -2.12. The summed E-state index contributed by atoms with van der Waals surface area (Å²) in [5, 5.41) is 0.411. The molecule has 2 rings (SSSR count). The average Bonchev–Trinajstić information content (AvgIpc) is 2.52.